The van der Waals surface area contributed by atoms with Crippen molar-refractivity contribution in [2.24, 2.45) is 5.92 Å². The van der Waals surface area contributed by atoms with Gasteiger partial charge in [-0.1, -0.05) is 15.9 Å². The zero-order valence-corrected chi connectivity index (χ0v) is 7.73. The number of piperidine rings is 1. The second-order valence-corrected chi connectivity index (χ2v) is 3.48. The van der Waals surface area contributed by atoms with Gasteiger partial charge < -0.3 is 4.90 Å². The summed E-state index contributed by atoms with van der Waals surface area (Å²) in [6, 6.07) is 0. The summed E-state index contributed by atoms with van der Waals surface area (Å²) in [7, 11) is 1.87. The van der Waals surface area contributed by atoms with Gasteiger partial charge >= 0.3 is 0 Å². The summed E-state index contributed by atoms with van der Waals surface area (Å²) in [5.41, 5.74) is 0. The van der Waals surface area contributed by atoms with Crippen LogP contribution in [0.3, 0.4) is 0 Å². The fourth-order valence-corrected chi connectivity index (χ4v) is 1.69. The Kier molecular flexibility index (Phi) is 2.72. The second-order valence-electron chi connectivity index (χ2n) is 2.83. The molecule has 1 unspecified atom stereocenters. The summed E-state index contributed by atoms with van der Waals surface area (Å²) in [6.45, 7) is 0.926. The molecule has 0 aromatic heterocycles. The van der Waals surface area contributed by atoms with E-state index in [9.17, 15) is 4.79 Å². The van der Waals surface area contributed by atoms with Crippen molar-refractivity contribution < 1.29 is 4.79 Å². The number of amides is 1. The number of hydrogen-bond donors (Lipinski definition) is 0. The predicted molar refractivity (Wildman–Crippen MR) is 44.2 cm³/mol. The van der Waals surface area contributed by atoms with Gasteiger partial charge in [0.1, 0.15) is 0 Å². The van der Waals surface area contributed by atoms with Crippen molar-refractivity contribution in [3.63, 3.8) is 0 Å². The number of rotatable bonds is 1. The van der Waals surface area contributed by atoms with Crippen LogP contribution in [0.5, 0.6) is 0 Å². The van der Waals surface area contributed by atoms with Crippen LogP contribution in [0.1, 0.15) is 12.8 Å². The molecule has 10 heavy (non-hydrogen) atoms. The van der Waals surface area contributed by atoms with Gasteiger partial charge in [-0.2, -0.15) is 0 Å². The highest BCUT2D eigenvalue weighted by Gasteiger charge is 2.21. The molecule has 2 nitrogen and oxygen atoms in total. The molecule has 0 aliphatic carbocycles. The van der Waals surface area contributed by atoms with Gasteiger partial charge in [0.05, 0.1) is 0 Å². The molecular formula is C7H12BrNO. The number of halogens is 1. The van der Waals surface area contributed by atoms with Crippen molar-refractivity contribution in [1.29, 1.82) is 0 Å². The molecule has 0 spiro atoms. The maximum atomic E-state index is 11.1. The summed E-state index contributed by atoms with van der Waals surface area (Å²) in [5.74, 6) is 0.861. The van der Waals surface area contributed by atoms with E-state index in [1.54, 1.807) is 4.90 Å². The SMILES string of the molecule is CN1CCC(CBr)CC1=O. The van der Waals surface area contributed by atoms with Crippen molar-refractivity contribution in [1.82, 2.24) is 4.90 Å². The summed E-state index contributed by atoms with van der Waals surface area (Å²) in [4.78, 5) is 12.9. The number of carbonyl (C=O) groups excluding carboxylic acids is 1. The molecular weight excluding hydrogens is 194 g/mol. The van der Waals surface area contributed by atoms with Crippen LogP contribution in [0.4, 0.5) is 0 Å². The third kappa shape index (κ3) is 1.72. The first kappa shape index (κ1) is 8.05. The minimum Gasteiger partial charge on any atom is -0.346 e. The Morgan fingerprint density at radius 1 is 1.80 bits per heavy atom. The summed E-state index contributed by atoms with van der Waals surface area (Å²) in [5, 5.41) is 0.965. The minimum absolute atomic E-state index is 0.288. The summed E-state index contributed by atoms with van der Waals surface area (Å²) < 4.78 is 0. The van der Waals surface area contributed by atoms with Gasteiger partial charge in [0, 0.05) is 25.3 Å². The van der Waals surface area contributed by atoms with Gasteiger partial charge in [0.2, 0.25) is 5.91 Å². The van der Waals surface area contributed by atoms with E-state index in [2.05, 4.69) is 15.9 Å². The van der Waals surface area contributed by atoms with E-state index in [0.29, 0.717) is 5.92 Å². The Balaban J connectivity index is 2.41. The Labute approximate surface area is 69.7 Å². The maximum absolute atomic E-state index is 11.1. The molecule has 0 radical (unpaired) electrons. The fourth-order valence-electron chi connectivity index (χ4n) is 1.14. The molecule has 1 amide bonds. The van der Waals surface area contributed by atoms with Crippen LogP contribution < -0.4 is 0 Å². The van der Waals surface area contributed by atoms with E-state index in [0.717, 1.165) is 24.7 Å². The zero-order valence-electron chi connectivity index (χ0n) is 6.14. The van der Waals surface area contributed by atoms with E-state index in [-0.39, 0.29) is 5.91 Å². The molecule has 1 heterocycles. The van der Waals surface area contributed by atoms with E-state index in [1.165, 1.54) is 0 Å². The van der Waals surface area contributed by atoms with Crippen LogP contribution in [0.25, 0.3) is 0 Å². The van der Waals surface area contributed by atoms with Crippen LogP contribution in [0.15, 0.2) is 0 Å². The Hall–Kier alpha value is -0.0500. The fraction of sp³-hybridized carbons (Fsp3) is 0.857. The van der Waals surface area contributed by atoms with Gasteiger partial charge in [0.25, 0.3) is 0 Å². The Morgan fingerprint density at radius 3 is 3.00 bits per heavy atom. The molecule has 1 atom stereocenters. The molecule has 3 heteroatoms. The smallest absolute Gasteiger partial charge is 0.222 e. The highest BCUT2D eigenvalue weighted by atomic mass is 79.9. The molecule has 1 saturated heterocycles. The maximum Gasteiger partial charge on any atom is 0.222 e. The number of alkyl halides is 1. The minimum atomic E-state index is 0.288. The molecule has 1 fully saturated rings. The molecule has 1 rings (SSSR count). The quantitative estimate of drug-likeness (QED) is 0.591. The van der Waals surface area contributed by atoms with Crippen LogP contribution in [-0.2, 0) is 4.79 Å². The van der Waals surface area contributed by atoms with E-state index in [1.807, 2.05) is 7.05 Å². The first-order chi connectivity index (χ1) is 4.74. The number of carbonyl (C=O) groups is 1. The lowest BCUT2D eigenvalue weighted by Crippen LogP contribution is -2.35. The first-order valence-corrected chi connectivity index (χ1v) is 4.66. The Bertz CT molecular complexity index is 138. The predicted octanol–water partition coefficient (Wildman–Crippen LogP) is 1.25. The molecule has 58 valence electrons. The largest absolute Gasteiger partial charge is 0.346 e. The molecule has 0 aromatic rings. The molecule has 0 bridgehead atoms. The summed E-state index contributed by atoms with van der Waals surface area (Å²) in [6.07, 6.45) is 1.87. The van der Waals surface area contributed by atoms with Crippen LogP contribution >= 0.6 is 15.9 Å². The highest BCUT2D eigenvalue weighted by Crippen LogP contribution is 2.18. The van der Waals surface area contributed by atoms with Gasteiger partial charge in [-0.25, -0.2) is 0 Å². The van der Waals surface area contributed by atoms with Gasteiger partial charge in [-0.3, -0.25) is 4.79 Å². The molecule has 0 aromatic carbocycles. The average molecular weight is 206 g/mol. The Morgan fingerprint density at radius 2 is 2.50 bits per heavy atom. The standard InChI is InChI=1S/C7H12BrNO/c1-9-3-2-6(5-8)4-7(9)10/h6H,2-5H2,1H3. The molecule has 1 aliphatic heterocycles. The normalized spacial score (nSPS) is 27.2. The highest BCUT2D eigenvalue weighted by molar-refractivity contribution is 9.09. The topological polar surface area (TPSA) is 20.3 Å². The average Bonchev–Trinajstić information content (AvgIpc) is 1.95. The second kappa shape index (κ2) is 3.37. The van der Waals surface area contributed by atoms with Gasteiger partial charge in [0.15, 0.2) is 0 Å². The third-order valence-corrected chi connectivity index (χ3v) is 2.90. The van der Waals surface area contributed by atoms with Crippen LogP contribution in [0.2, 0.25) is 0 Å². The number of likely N-dealkylation sites (tertiary alicyclic amines) is 1. The van der Waals surface area contributed by atoms with Crippen molar-refractivity contribution in [3.05, 3.63) is 0 Å². The van der Waals surface area contributed by atoms with E-state index >= 15 is 0 Å². The molecule has 0 N–H and O–H groups in total. The van der Waals surface area contributed by atoms with Gasteiger partial charge in [-0.15, -0.1) is 0 Å². The van der Waals surface area contributed by atoms with Gasteiger partial charge in [-0.05, 0) is 12.3 Å². The van der Waals surface area contributed by atoms with Crippen LogP contribution in [0, 0.1) is 5.92 Å². The lowest BCUT2D eigenvalue weighted by molar-refractivity contribution is -0.133. The first-order valence-electron chi connectivity index (χ1n) is 3.54. The van der Waals surface area contributed by atoms with Crippen molar-refractivity contribution >= 4 is 21.8 Å². The zero-order chi connectivity index (χ0) is 7.56. The van der Waals surface area contributed by atoms with Crippen LogP contribution in [-0.4, -0.2) is 29.7 Å². The summed E-state index contributed by atoms with van der Waals surface area (Å²) >= 11 is 3.39. The van der Waals surface area contributed by atoms with Crippen molar-refractivity contribution in [3.8, 4) is 0 Å². The number of hydrogen-bond acceptors (Lipinski definition) is 1. The van der Waals surface area contributed by atoms with Crippen molar-refractivity contribution in [2.75, 3.05) is 18.9 Å². The third-order valence-electron chi connectivity index (χ3n) is 1.98. The van der Waals surface area contributed by atoms with E-state index in [4.69, 9.17) is 0 Å². The molecule has 0 saturated carbocycles. The van der Waals surface area contributed by atoms with Crippen molar-refractivity contribution in [2.45, 2.75) is 12.8 Å². The lowest BCUT2D eigenvalue weighted by Gasteiger charge is -2.27. The van der Waals surface area contributed by atoms with E-state index < -0.39 is 0 Å². The lowest BCUT2D eigenvalue weighted by atomic mass is 9.99. The molecule has 1 aliphatic rings. The number of nitrogens with zero attached hydrogens (tertiary/aromatic N) is 1. The monoisotopic (exact) mass is 205 g/mol.